The lowest BCUT2D eigenvalue weighted by Gasteiger charge is -2.40. The minimum atomic E-state index is -1.07. The van der Waals surface area contributed by atoms with E-state index in [1.54, 1.807) is 17.9 Å². The lowest BCUT2D eigenvalue weighted by Crippen LogP contribution is -2.56. The highest BCUT2D eigenvalue weighted by molar-refractivity contribution is 5.97. The first kappa shape index (κ1) is 14.6. The van der Waals surface area contributed by atoms with E-state index in [0.29, 0.717) is 24.9 Å². The monoisotopic (exact) mass is 279 g/mol. The second-order valence-corrected chi connectivity index (χ2v) is 5.35. The third kappa shape index (κ3) is 2.42. The van der Waals surface area contributed by atoms with Crippen molar-refractivity contribution in [1.29, 1.82) is 0 Å². The summed E-state index contributed by atoms with van der Waals surface area (Å²) >= 11 is 0. The number of aliphatic carboxylic acids is 1. The molecule has 1 aliphatic carbocycles. The first-order valence-electron chi connectivity index (χ1n) is 7.05. The molecule has 0 radical (unpaired) electrons. The van der Waals surface area contributed by atoms with E-state index in [2.05, 4.69) is 5.10 Å². The molecule has 6 nitrogen and oxygen atoms in total. The molecule has 1 amide bonds. The maximum Gasteiger partial charge on any atom is 0.329 e. The van der Waals surface area contributed by atoms with Gasteiger partial charge in [0.25, 0.3) is 5.91 Å². The summed E-state index contributed by atoms with van der Waals surface area (Å²) in [6.45, 7) is 2.62. The van der Waals surface area contributed by atoms with Crippen LogP contribution in [-0.4, -0.2) is 44.3 Å². The molecule has 1 N–H and O–H groups in total. The Morgan fingerprint density at radius 1 is 1.40 bits per heavy atom. The topological polar surface area (TPSA) is 75.4 Å². The summed E-state index contributed by atoms with van der Waals surface area (Å²) in [5.74, 6) is -1.18. The van der Waals surface area contributed by atoms with Gasteiger partial charge in [0.2, 0.25) is 0 Å². The number of amides is 1. The summed E-state index contributed by atoms with van der Waals surface area (Å²) in [6, 6.07) is 0. The largest absolute Gasteiger partial charge is 0.479 e. The Morgan fingerprint density at radius 3 is 2.55 bits per heavy atom. The molecule has 0 spiro atoms. The van der Waals surface area contributed by atoms with Crippen molar-refractivity contribution in [3.63, 3.8) is 0 Å². The minimum absolute atomic E-state index is 0.269. The van der Waals surface area contributed by atoms with Gasteiger partial charge in [-0.15, -0.1) is 0 Å². The van der Waals surface area contributed by atoms with E-state index in [1.807, 2.05) is 6.92 Å². The van der Waals surface area contributed by atoms with Crippen molar-refractivity contribution in [2.45, 2.75) is 51.1 Å². The molecule has 0 atom stereocenters. The quantitative estimate of drug-likeness (QED) is 0.911. The average molecular weight is 279 g/mol. The van der Waals surface area contributed by atoms with E-state index in [0.717, 1.165) is 19.3 Å². The van der Waals surface area contributed by atoms with Crippen molar-refractivity contribution in [3.8, 4) is 0 Å². The van der Waals surface area contributed by atoms with Crippen molar-refractivity contribution in [1.82, 2.24) is 14.7 Å². The maximum atomic E-state index is 12.5. The molecule has 1 fully saturated rings. The van der Waals surface area contributed by atoms with E-state index in [9.17, 15) is 14.7 Å². The lowest BCUT2D eigenvalue weighted by molar-refractivity contribution is -0.151. The molecule has 0 saturated heterocycles. The van der Waals surface area contributed by atoms with Gasteiger partial charge in [0, 0.05) is 19.8 Å². The number of hydrogen-bond donors (Lipinski definition) is 1. The summed E-state index contributed by atoms with van der Waals surface area (Å²) in [4.78, 5) is 25.6. The van der Waals surface area contributed by atoms with E-state index in [1.165, 1.54) is 11.1 Å². The highest BCUT2D eigenvalue weighted by atomic mass is 16.4. The smallest absolute Gasteiger partial charge is 0.329 e. The maximum absolute atomic E-state index is 12.5. The van der Waals surface area contributed by atoms with Gasteiger partial charge in [-0.25, -0.2) is 4.79 Å². The van der Waals surface area contributed by atoms with Crippen LogP contribution in [0.1, 0.15) is 49.4 Å². The molecular weight excluding hydrogens is 258 g/mol. The standard InChI is InChI=1S/C14H21N3O3/c1-3-17-10-11(9-15-17)12(18)16(2)14(13(19)20)7-5-4-6-8-14/h9-10H,3-8H2,1-2H3,(H,19,20). The van der Waals surface area contributed by atoms with Gasteiger partial charge in [-0.3, -0.25) is 9.48 Å². The van der Waals surface area contributed by atoms with Crippen LogP contribution >= 0.6 is 0 Å². The SMILES string of the molecule is CCn1cc(C(=O)N(C)C2(C(=O)O)CCCCC2)cn1. The Hall–Kier alpha value is -1.85. The van der Waals surface area contributed by atoms with Crippen LogP contribution in [0.15, 0.2) is 12.4 Å². The first-order valence-corrected chi connectivity index (χ1v) is 7.05. The Morgan fingerprint density at radius 2 is 2.05 bits per heavy atom. The van der Waals surface area contributed by atoms with Gasteiger partial charge >= 0.3 is 5.97 Å². The number of carbonyl (C=O) groups is 2. The number of carbonyl (C=O) groups excluding carboxylic acids is 1. The van der Waals surface area contributed by atoms with Gasteiger partial charge in [-0.05, 0) is 19.8 Å². The predicted molar refractivity (Wildman–Crippen MR) is 73.4 cm³/mol. The highest BCUT2D eigenvalue weighted by Gasteiger charge is 2.45. The van der Waals surface area contributed by atoms with Crippen LogP contribution in [0.4, 0.5) is 0 Å². The third-order valence-corrected chi connectivity index (χ3v) is 4.23. The van der Waals surface area contributed by atoms with Crippen molar-refractivity contribution >= 4 is 11.9 Å². The van der Waals surface area contributed by atoms with Gasteiger partial charge in [0.15, 0.2) is 0 Å². The van der Waals surface area contributed by atoms with Crippen LogP contribution in [0.2, 0.25) is 0 Å². The zero-order valence-electron chi connectivity index (χ0n) is 12.0. The Balaban J connectivity index is 2.25. The molecule has 0 aromatic carbocycles. The van der Waals surface area contributed by atoms with Gasteiger partial charge in [0.1, 0.15) is 5.54 Å². The van der Waals surface area contributed by atoms with E-state index < -0.39 is 11.5 Å². The second-order valence-electron chi connectivity index (χ2n) is 5.35. The highest BCUT2D eigenvalue weighted by Crippen LogP contribution is 2.34. The third-order valence-electron chi connectivity index (χ3n) is 4.23. The number of carboxylic acids is 1. The minimum Gasteiger partial charge on any atom is -0.479 e. The van der Waals surface area contributed by atoms with E-state index in [-0.39, 0.29) is 5.91 Å². The molecule has 110 valence electrons. The van der Waals surface area contributed by atoms with Crippen LogP contribution in [0.3, 0.4) is 0 Å². The summed E-state index contributed by atoms with van der Waals surface area (Å²) in [6.07, 6.45) is 6.93. The average Bonchev–Trinajstić information content (AvgIpc) is 2.95. The van der Waals surface area contributed by atoms with Gasteiger partial charge < -0.3 is 10.0 Å². The number of likely N-dealkylation sites (N-methyl/N-ethyl adjacent to an activating group) is 1. The second kappa shape index (κ2) is 5.64. The Kier molecular flexibility index (Phi) is 4.11. The van der Waals surface area contributed by atoms with Crippen molar-refractivity contribution in [2.24, 2.45) is 0 Å². The number of nitrogens with zero attached hydrogens (tertiary/aromatic N) is 3. The van der Waals surface area contributed by atoms with Crippen LogP contribution < -0.4 is 0 Å². The fourth-order valence-corrected chi connectivity index (χ4v) is 2.86. The first-order chi connectivity index (χ1) is 9.51. The molecule has 0 bridgehead atoms. The van der Waals surface area contributed by atoms with Crippen LogP contribution in [0.5, 0.6) is 0 Å². The molecular formula is C14H21N3O3. The normalized spacial score (nSPS) is 17.7. The zero-order valence-corrected chi connectivity index (χ0v) is 12.0. The molecule has 2 rings (SSSR count). The summed E-state index contributed by atoms with van der Waals surface area (Å²) < 4.78 is 1.66. The number of rotatable bonds is 4. The Bertz CT molecular complexity index is 504. The molecule has 1 aliphatic rings. The van der Waals surface area contributed by atoms with Crippen molar-refractivity contribution in [2.75, 3.05) is 7.05 Å². The molecule has 1 aromatic heterocycles. The Labute approximate surface area is 118 Å². The van der Waals surface area contributed by atoms with Crippen LogP contribution in [0.25, 0.3) is 0 Å². The molecule has 6 heteroatoms. The van der Waals surface area contributed by atoms with E-state index >= 15 is 0 Å². The molecule has 1 aromatic rings. The molecule has 1 saturated carbocycles. The lowest BCUT2D eigenvalue weighted by atomic mass is 9.80. The van der Waals surface area contributed by atoms with Crippen molar-refractivity contribution < 1.29 is 14.7 Å². The predicted octanol–water partition coefficient (Wildman–Crippen LogP) is 1.76. The van der Waals surface area contributed by atoms with Crippen LogP contribution in [0, 0.1) is 0 Å². The molecule has 1 heterocycles. The molecule has 0 unspecified atom stereocenters. The zero-order chi connectivity index (χ0) is 14.8. The number of carboxylic acid groups (broad SMARTS) is 1. The van der Waals surface area contributed by atoms with Gasteiger partial charge in [-0.1, -0.05) is 19.3 Å². The molecule has 0 aliphatic heterocycles. The number of aromatic nitrogens is 2. The summed E-state index contributed by atoms with van der Waals surface area (Å²) in [5, 5.41) is 13.7. The van der Waals surface area contributed by atoms with E-state index in [4.69, 9.17) is 0 Å². The number of aryl methyl sites for hydroxylation is 1. The van der Waals surface area contributed by atoms with Crippen molar-refractivity contribution in [3.05, 3.63) is 18.0 Å². The van der Waals surface area contributed by atoms with Gasteiger partial charge in [-0.2, -0.15) is 5.10 Å². The van der Waals surface area contributed by atoms with Crippen LogP contribution in [-0.2, 0) is 11.3 Å². The molecule has 20 heavy (non-hydrogen) atoms. The fourth-order valence-electron chi connectivity index (χ4n) is 2.86. The fraction of sp³-hybridized carbons (Fsp3) is 0.643. The summed E-state index contributed by atoms with van der Waals surface area (Å²) in [5.41, 5.74) is -0.621. The number of hydrogen-bond acceptors (Lipinski definition) is 3. The summed E-state index contributed by atoms with van der Waals surface area (Å²) in [7, 11) is 1.59. The van der Waals surface area contributed by atoms with Gasteiger partial charge in [0.05, 0.1) is 11.8 Å².